The topological polar surface area (TPSA) is 216 Å². The first-order valence-corrected chi connectivity index (χ1v) is 32.1. The van der Waals surface area contributed by atoms with Crippen LogP contribution in [-0.4, -0.2) is 63.2 Å². The van der Waals surface area contributed by atoms with Gasteiger partial charge >= 0.3 is 23.5 Å². The summed E-state index contributed by atoms with van der Waals surface area (Å²) in [7, 11) is 3.98. The standard InChI is InChI=1S/C20H22O4.C16H14O4.C16H12O3.C16H14O3.C14H11BrO3/c1-4-5-13-23-15(2)19-14-17(11-12-18(19)20(21)22-3)24-16-9-7-6-8-10-16;1-11(17)15-10-13(8-9-14(15)16(18)19-2)20-12-6-4-3-5-7-12;1-11-10-18-16(17)14-8-7-13(9-15(11)14)19-12-5-3-2-4-6-12;1-11(17)15-9-8-14(10-16(15)12(2)18)19-13-6-4-3-5-7-13;1-17-14(16)12-8-7-11(9-13(12)15)18-10-5-3-2-4-6-10/h6-12,14H,2,4-5,13H2,1,3H3;3-10H,1-2H3;2-10H,1H3;3-10H,1-2H3;2-9H,1H3. The molecule has 0 saturated heterocycles. The maximum absolute atomic E-state index is 12.0. The monoisotopic (exact) mass is 1410 g/mol. The first kappa shape index (κ1) is 75.2. The molecule has 100 heavy (non-hydrogen) atoms. The van der Waals surface area contributed by atoms with Crippen LogP contribution in [0.4, 0.5) is 0 Å². The largest absolute Gasteiger partial charge is 0.494 e. The van der Waals surface area contributed by atoms with E-state index in [9.17, 15) is 33.6 Å². The maximum atomic E-state index is 12.0. The molecule has 0 aliphatic heterocycles. The van der Waals surface area contributed by atoms with E-state index in [-0.39, 0.29) is 40.1 Å². The zero-order chi connectivity index (χ0) is 71.9. The molecule has 0 atom stereocenters. The van der Waals surface area contributed by atoms with Crippen LogP contribution in [0.1, 0.15) is 114 Å². The number of ether oxygens (including phenoxy) is 9. The van der Waals surface area contributed by atoms with Crippen molar-refractivity contribution in [3.63, 3.8) is 0 Å². The van der Waals surface area contributed by atoms with Crippen LogP contribution in [0, 0.1) is 6.92 Å². The maximum Gasteiger partial charge on any atom is 0.343 e. The number of rotatable bonds is 21. The minimum atomic E-state index is -0.540. The molecule has 18 heteroatoms. The van der Waals surface area contributed by atoms with E-state index in [1.165, 1.54) is 54.4 Å². The van der Waals surface area contributed by atoms with Gasteiger partial charge in [-0.3, -0.25) is 14.4 Å². The minimum absolute atomic E-state index is 0.128. The Bertz CT molecular complexity index is 4630. The van der Waals surface area contributed by atoms with Gasteiger partial charge in [-0.15, -0.1) is 0 Å². The predicted octanol–water partition coefficient (Wildman–Crippen LogP) is 20.3. The number of carbonyl (C=O) groups is 6. The van der Waals surface area contributed by atoms with E-state index >= 15 is 0 Å². The summed E-state index contributed by atoms with van der Waals surface area (Å²) in [5.74, 6) is 5.15. The lowest BCUT2D eigenvalue weighted by atomic mass is 10.0. The van der Waals surface area contributed by atoms with E-state index in [4.69, 9.17) is 37.6 Å². The second kappa shape index (κ2) is 38.6. The fourth-order valence-corrected chi connectivity index (χ4v) is 9.71. The third kappa shape index (κ3) is 22.7. The normalized spacial score (nSPS) is 10.1. The molecule has 0 unspecified atom stereocenters. The van der Waals surface area contributed by atoms with Gasteiger partial charge in [-0.1, -0.05) is 111 Å². The number of benzene rings is 10. The summed E-state index contributed by atoms with van der Waals surface area (Å²) in [6, 6.07) is 72.1. The molecule has 0 bridgehead atoms. The highest BCUT2D eigenvalue weighted by molar-refractivity contribution is 9.10. The van der Waals surface area contributed by atoms with Gasteiger partial charge in [0, 0.05) is 26.7 Å². The van der Waals surface area contributed by atoms with E-state index in [1.807, 2.05) is 165 Å². The number of fused-ring (bicyclic) bond motifs is 1. The number of halogens is 1. The van der Waals surface area contributed by atoms with Crippen molar-refractivity contribution in [2.75, 3.05) is 27.9 Å². The summed E-state index contributed by atoms with van der Waals surface area (Å²) in [5.41, 5.74) is 3.36. The number of ketones is 3. The first-order valence-electron chi connectivity index (χ1n) is 31.3. The third-order valence-corrected chi connectivity index (χ3v) is 14.9. The molecule has 17 nitrogen and oxygen atoms in total. The van der Waals surface area contributed by atoms with E-state index in [1.54, 1.807) is 78.9 Å². The van der Waals surface area contributed by atoms with Crippen LogP contribution in [0.15, 0.2) is 269 Å². The molecule has 0 aliphatic carbocycles. The Balaban J connectivity index is 0.000000176. The molecule has 510 valence electrons. The van der Waals surface area contributed by atoms with Gasteiger partial charge in [0.15, 0.2) is 17.3 Å². The Morgan fingerprint density at radius 3 is 1.07 bits per heavy atom. The SMILES string of the molecule is C=C(OCCCC)c1cc(Oc2ccccc2)ccc1C(=O)OC.CC(=O)c1ccc(Oc2ccccc2)cc1C(C)=O.COC(=O)c1ccc(Oc2ccccc2)cc1Br.COC(=O)c1ccc(Oc2ccccc2)cc1C(C)=O.Cc1coc(=O)c2ccc(Oc3ccccc3)cc12. The molecule has 0 aliphatic rings. The average Bonchev–Trinajstić information content (AvgIpc) is 0.817. The highest BCUT2D eigenvalue weighted by Gasteiger charge is 2.19. The summed E-state index contributed by atoms with van der Waals surface area (Å²) in [6.45, 7) is 12.8. The van der Waals surface area contributed by atoms with Gasteiger partial charge in [0.25, 0.3) is 0 Å². The molecule has 11 aromatic rings. The molecule has 0 radical (unpaired) electrons. The van der Waals surface area contributed by atoms with E-state index in [0.29, 0.717) is 96.0 Å². The Morgan fingerprint density at radius 2 is 0.700 bits per heavy atom. The van der Waals surface area contributed by atoms with Crippen molar-refractivity contribution in [3.05, 3.63) is 315 Å². The quantitative estimate of drug-likeness (QED) is 0.0215. The second-order valence-corrected chi connectivity index (χ2v) is 22.4. The molecular weight excluding hydrogens is 1340 g/mol. The number of methoxy groups -OCH3 is 3. The number of para-hydroxylation sites is 5. The van der Waals surface area contributed by atoms with Gasteiger partial charge < -0.3 is 47.0 Å². The number of hydrogen-bond acceptors (Lipinski definition) is 17. The summed E-state index contributed by atoms with van der Waals surface area (Å²) >= 11 is 3.32. The summed E-state index contributed by atoms with van der Waals surface area (Å²) in [4.78, 5) is 81.2. The fraction of sp³-hybridized carbons (Fsp3) is 0.134. The molecule has 1 heterocycles. The van der Waals surface area contributed by atoms with Crippen molar-refractivity contribution in [2.24, 2.45) is 0 Å². The van der Waals surface area contributed by atoms with Crippen LogP contribution in [0.3, 0.4) is 0 Å². The molecule has 1 aromatic heterocycles. The number of carbonyl (C=O) groups excluding carboxylic acids is 6. The number of Topliss-reactive ketones (excluding diaryl/α,β-unsaturated/α-hetero) is 3. The van der Waals surface area contributed by atoms with Crippen LogP contribution in [0.2, 0.25) is 0 Å². The van der Waals surface area contributed by atoms with Crippen LogP contribution in [0.25, 0.3) is 16.5 Å². The highest BCUT2D eigenvalue weighted by atomic mass is 79.9. The van der Waals surface area contributed by atoms with Gasteiger partial charge in [0.2, 0.25) is 0 Å². The molecule has 0 spiro atoms. The van der Waals surface area contributed by atoms with Crippen molar-refractivity contribution in [3.8, 4) is 57.5 Å². The summed E-state index contributed by atoms with van der Waals surface area (Å²) < 4.78 is 53.9. The van der Waals surface area contributed by atoms with Crippen LogP contribution < -0.4 is 29.3 Å². The number of esters is 3. The van der Waals surface area contributed by atoms with Gasteiger partial charge in [-0.2, -0.15) is 0 Å². The van der Waals surface area contributed by atoms with E-state index in [2.05, 4.69) is 38.9 Å². The number of hydrogen-bond donors (Lipinski definition) is 0. The molecular formula is C82H73BrO17. The van der Waals surface area contributed by atoms with Crippen LogP contribution in [-0.2, 0) is 18.9 Å². The zero-order valence-corrected chi connectivity index (χ0v) is 57.9. The average molecular weight is 1410 g/mol. The Kier molecular flexibility index (Phi) is 29.0. The molecule has 10 aromatic carbocycles. The van der Waals surface area contributed by atoms with Gasteiger partial charge in [0.1, 0.15) is 63.3 Å². The lowest BCUT2D eigenvalue weighted by Crippen LogP contribution is -2.08. The first-order chi connectivity index (χ1) is 48.3. The second-order valence-electron chi connectivity index (χ2n) is 21.5. The number of aryl methyl sites for hydroxylation is 1. The molecule has 0 saturated carbocycles. The van der Waals surface area contributed by atoms with Crippen LogP contribution in [0.5, 0.6) is 57.5 Å². The minimum Gasteiger partial charge on any atom is -0.494 e. The predicted molar refractivity (Wildman–Crippen MR) is 387 cm³/mol. The van der Waals surface area contributed by atoms with Crippen LogP contribution >= 0.6 is 15.9 Å². The zero-order valence-electron chi connectivity index (χ0n) is 56.3. The van der Waals surface area contributed by atoms with Crippen molar-refractivity contribution in [2.45, 2.75) is 47.5 Å². The Hall–Kier alpha value is -12.2. The lowest BCUT2D eigenvalue weighted by molar-refractivity contribution is 0.0590. The van der Waals surface area contributed by atoms with Gasteiger partial charge in [-0.25, -0.2) is 19.2 Å². The summed E-state index contributed by atoms with van der Waals surface area (Å²) in [5, 5.41) is 1.42. The van der Waals surface area contributed by atoms with E-state index in [0.717, 1.165) is 35.3 Å². The Labute approximate surface area is 588 Å². The van der Waals surface area contributed by atoms with Crippen molar-refractivity contribution >= 4 is 67.7 Å². The van der Waals surface area contributed by atoms with E-state index < -0.39 is 11.9 Å². The van der Waals surface area contributed by atoms with Crippen molar-refractivity contribution < 1.29 is 75.8 Å². The summed E-state index contributed by atoms with van der Waals surface area (Å²) in [6.07, 6.45) is 3.41. The number of unbranched alkanes of at least 4 members (excludes halogenated alkanes) is 1. The molecule has 0 fully saturated rings. The molecule has 0 amide bonds. The van der Waals surface area contributed by atoms with Gasteiger partial charge in [-0.05, 0) is 213 Å². The lowest BCUT2D eigenvalue weighted by Gasteiger charge is -2.14. The smallest absolute Gasteiger partial charge is 0.343 e. The molecule has 11 rings (SSSR count). The molecule has 0 N–H and O–H groups in total. The highest BCUT2D eigenvalue weighted by Crippen LogP contribution is 2.32. The fourth-order valence-electron chi connectivity index (χ4n) is 9.19. The third-order valence-electron chi connectivity index (χ3n) is 14.2. The Morgan fingerprint density at radius 1 is 0.380 bits per heavy atom. The van der Waals surface area contributed by atoms with Crippen molar-refractivity contribution in [1.29, 1.82) is 0 Å². The van der Waals surface area contributed by atoms with Gasteiger partial charge in [0.05, 0.1) is 56.3 Å². The van der Waals surface area contributed by atoms with Crippen molar-refractivity contribution in [1.82, 2.24) is 0 Å².